The topological polar surface area (TPSA) is 46.3 Å². The largest absolute Gasteiger partial charge is 0.416 e. The zero-order chi connectivity index (χ0) is 18.0. The lowest BCUT2D eigenvalue weighted by Gasteiger charge is -2.26. The molecule has 0 spiro atoms. The highest BCUT2D eigenvalue weighted by molar-refractivity contribution is 7.98. The minimum Gasteiger partial charge on any atom is -0.360 e. The summed E-state index contributed by atoms with van der Waals surface area (Å²) in [5.41, 5.74) is 1.13. The van der Waals surface area contributed by atoms with Crippen LogP contribution in [0.2, 0.25) is 0 Å². The lowest BCUT2D eigenvalue weighted by atomic mass is 10.0. The molecule has 1 amide bonds. The van der Waals surface area contributed by atoms with Crippen LogP contribution in [0.1, 0.15) is 23.3 Å². The van der Waals surface area contributed by atoms with Crippen LogP contribution in [0.5, 0.6) is 0 Å². The first kappa shape index (κ1) is 17.8. The van der Waals surface area contributed by atoms with E-state index < -0.39 is 11.7 Å². The van der Waals surface area contributed by atoms with Gasteiger partial charge in [0.15, 0.2) is 0 Å². The quantitative estimate of drug-likeness (QED) is 0.816. The number of rotatable bonds is 4. The third kappa shape index (κ3) is 3.84. The molecule has 0 radical (unpaired) electrons. The second-order valence-corrected chi connectivity index (χ2v) is 6.80. The number of nitrogens with zero attached hydrogens (tertiary/aromatic N) is 2. The first-order chi connectivity index (χ1) is 11.9. The Kier molecular flexibility index (Phi) is 5.08. The summed E-state index contributed by atoms with van der Waals surface area (Å²) >= 11 is 1.61. The molecule has 0 saturated carbocycles. The summed E-state index contributed by atoms with van der Waals surface area (Å²) in [7, 11) is 0. The number of alkyl halides is 3. The summed E-state index contributed by atoms with van der Waals surface area (Å²) in [6.45, 7) is 0.949. The summed E-state index contributed by atoms with van der Waals surface area (Å²) in [6.07, 6.45) is -1.39. The fraction of sp³-hybridized carbons (Fsp3) is 0.412. The summed E-state index contributed by atoms with van der Waals surface area (Å²) in [5.74, 6) is 1.53. The summed E-state index contributed by atoms with van der Waals surface area (Å²) in [6, 6.07) is 4.83. The van der Waals surface area contributed by atoms with Crippen LogP contribution in [0, 0.1) is 0 Å². The van der Waals surface area contributed by atoms with Crippen LogP contribution in [0.3, 0.4) is 0 Å². The summed E-state index contributed by atoms with van der Waals surface area (Å²) in [5, 5.41) is 4.02. The van der Waals surface area contributed by atoms with Gasteiger partial charge in [-0.1, -0.05) is 17.3 Å². The van der Waals surface area contributed by atoms with E-state index >= 15 is 0 Å². The number of amides is 1. The van der Waals surface area contributed by atoms with Gasteiger partial charge in [-0.2, -0.15) is 24.9 Å². The van der Waals surface area contributed by atoms with Crippen LogP contribution in [-0.4, -0.2) is 34.5 Å². The molecule has 4 nitrogen and oxygen atoms in total. The molecule has 0 N–H and O–H groups in total. The summed E-state index contributed by atoms with van der Waals surface area (Å²) in [4.78, 5) is 14.0. The SMILES string of the molecule is CSCCC(=O)N1CCc2onc(-c3ccc(C(F)(F)F)cc3)c2C1. The molecule has 3 rings (SSSR count). The maximum absolute atomic E-state index is 12.7. The monoisotopic (exact) mass is 370 g/mol. The highest BCUT2D eigenvalue weighted by atomic mass is 32.2. The van der Waals surface area contributed by atoms with Gasteiger partial charge >= 0.3 is 6.18 Å². The number of fused-ring (bicyclic) bond motifs is 1. The molecule has 0 bridgehead atoms. The van der Waals surface area contributed by atoms with Crippen molar-refractivity contribution in [2.24, 2.45) is 0 Å². The minimum atomic E-state index is -4.37. The van der Waals surface area contributed by atoms with Crippen LogP contribution < -0.4 is 0 Å². The van der Waals surface area contributed by atoms with Crippen molar-refractivity contribution in [1.29, 1.82) is 0 Å². The number of thioether (sulfide) groups is 1. The number of hydrogen-bond acceptors (Lipinski definition) is 4. The van der Waals surface area contributed by atoms with E-state index in [4.69, 9.17) is 4.52 Å². The van der Waals surface area contributed by atoms with Gasteiger partial charge in [0.25, 0.3) is 0 Å². The maximum Gasteiger partial charge on any atom is 0.416 e. The standard InChI is InChI=1S/C17H17F3N2O2S/c1-25-9-7-15(23)22-8-6-14-13(10-22)16(21-24-14)11-2-4-12(5-3-11)17(18,19)20/h2-5H,6-10H2,1H3. The Bertz CT molecular complexity index is 756. The Hall–Kier alpha value is -1.96. The molecule has 1 aromatic heterocycles. The Morgan fingerprint density at radius 3 is 2.68 bits per heavy atom. The molecule has 1 aromatic carbocycles. The normalized spacial score (nSPS) is 14.5. The average Bonchev–Trinajstić information content (AvgIpc) is 3.02. The molecular weight excluding hydrogens is 353 g/mol. The van der Waals surface area contributed by atoms with Gasteiger partial charge < -0.3 is 9.42 Å². The number of halogens is 3. The third-order valence-electron chi connectivity index (χ3n) is 4.19. The smallest absolute Gasteiger partial charge is 0.360 e. The van der Waals surface area contributed by atoms with Gasteiger partial charge in [0.1, 0.15) is 11.5 Å². The van der Waals surface area contributed by atoms with Gasteiger partial charge in [-0.3, -0.25) is 4.79 Å². The van der Waals surface area contributed by atoms with Crippen LogP contribution in [0.25, 0.3) is 11.3 Å². The van der Waals surface area contributed by atoms with Gasteiger partial charge in [0, 0.05) is 36.3 Å². The minimum absolute atomic E-state index is 0.0690. The summed E-state index contributed by atoms with van der Waals surface area (Å²) < 4.78 is 43.4. The number of aromatic nitrogens is 1. The van der Waals surface area contributed by atoms with E-state index in [1.165, 1.54) is 12.1 Å². The van der Waals surface area contributed by atoms with E-state index in [1.54, 1.807) is 16.7 Å². The predicted octanol–water partition coefficient (Wildman–Crippen LogP) is 4.00. The Balaban J connectivity index is 1.82. The van der Waals surface area contributed by atoms with E-state index in [9.17, 15) is 18.0 Å². The van der Waals surface area contributed by atoms with Crippen molar-refractivity contribution in [1.82, 2.24) is 10.1 Å². The third-order valence-corrected chi connectivity index (χ3v) is 4.80. The van der Waals surface area contributed by atoms with Crippen LogP contribution in [0.4, 0.5) is 13.2 Å². The first-order valence-corrected chi connectivity index (χ1v) is 9.21. The Morgan fingerprint density at radius 1 is 1.32 bits per heavy atom. The lowest BCUT2D eigenvalue weighted by Crippen LogP contribution is -2.35. The van der Waals surface area contributed by atoms with Crippen molar-refractivity contribution in [2.75, 3.05) is 18.6 Å². The Labute approximate surface area is 147 Å². The fourth-order valence-corrected chi connectivity index (χ4v) is 3.19. The molecule has 2 aromatic rings. The van der Waals surface area contributed by atoms with Crippen LogP contribution in [0.15, 0.2) is 28.8 Å². The van der Waals surface area contributed by atoms with Crippen molar-refractivity contribution in [2.45, 2.75) is 25.6 Å². The van der Waals surface area contributed by atoms with E-state index in [2.05, 4.69) is 5.16 Å². The molecule has 134 valence electrons. The molecule has 0 fully saturated rings. The van der Waals surface area contributed by atoms with Crippen LogP contribution >= 0.6 is 11.8 Å². The highest BCUT2D eigenvalue weighted by Crippen LogP contribution is 2.33. The Morgan fingerprint density at radius 2 is 2.04 bits per heavy atom. The number of benzene rings is 1. The van der Waals surface area contributed by atoms with E-state index in [0.717, 1.165) is 23.4 Å². The number of carbonyl (C=O) groups is 1. The molecule has 0 aliphatic carbocycles. The van der Waals surface area contributed by atoms with Crippen LogP contribution in [-0.2, 0) is 23.9 Å². The second kappa shape index (κ2) is 7.11. The lowest BCUT2D eigenvalue weighted by molar-refractivity contribution is -0.137. The predicted molar refractivity (Wildman–Crippen MR) is 89.1 cm³/mol. The van der Waals surface area contributed by atoms with Crippen molar-refractivity contribution < 1.29 is 22.5 Å². The maximum atomic E-state index is 12.7. The van der Waals surface area contributed by atoms with Crippen molar-refractivity contribution >= 4 is 17.7 Å². The first-order valence-electron chi connectivity index (χ1n) is 7.82. The van der Waals surface area contributed by atoms with Crippen molar-refractivity contribution in [3.8, 4) is 11.3 Å². The van der Waals surface area contributed by atoms with Gasteiger partial charge in [-0.15, -0.1) is 0 Å². The van der Waals surface area contributed by atoms with Gasteiger partial charge in [-0.05, 0) is 18.4 Å². The number of hydrogen-bond donors (Lipinski definition) is 0. The van der Waals surface area contributed by atoms with Crippen molar-refractivity contribution in [3.63, 3.8) is 0 Å². The van der Waals surface area contributed by atoms with E-state index in [-0.39, 0.29) is 5.91 Å². The molecule has 1 aliphatic heterocycles. The highest BCUT2D eigenvalue weighted by Gasteiger charge is 2.31. The van der Waals surface area contributed by atoms with E-state index in [0.29, 0.717) is 42.9 Å². The van der Waals surface area contributed by atoms with Gasteiger partial charge in [-0.25, -0.2) is 0 Å². The molecule has 8 heteroatoms. The molecule has 25 heavy (non-hydrogen) atoms. The molecular formula is C17H17F3N2O2S. The second-order valence-electron chi connectivity index (χ2n) is 5.82. The molecule has 1 aliphatic rings. The molecule has 0 atom stereocenters. The van der Waals surface area contributed by atoms with E-state index in [1.807, 2.05) is 6.26 Å². The van der Waals surface area contributed by atoms with Gasteiger partial charge in [0.05, 0.1) is 12.1 Å². The van der Waals surface area contributed by atoms with Gasteiger partial charge in [0.2, 0.25) is 5.91 Å². The zero-order valence-electron chi connectivity index (χ0n) is 13.6. The fourth-order valence-electron chi connectivity index (χ4n) is 2.81. The average molecular weight is 370 g/mol. The molecule has 0 saturated heterocycles. The van der Waals surface area contributed by atoms with Crippen molar-refractivity contribution in [3.05, 3.63) is 41.2 Å². The number of carbonyl (C=O) groups excluding carboxylic acids is 1. The molecule has 2 heterocycles. The molecule has 0 unspecified atom stereocenters. The zero-order valence-corrected chi connectivity index (χ0v) is 14.4.